The molecule has 0 bridgehead atoms. The first-order valence-corrected chi connectivity index (χ1v) is 5.88. The zero-order chi connectivity index (χ0) is 11.3. The van der Waals surface area contributed by atoms with Crippen molar-refractivity contribution in [3.05, 3.63) is 33.3 Å². The number of nitrogens with one attached hydrogen (secondary N) is 1. The van der Waals surface area contributed by atoms with Crippen molar-refractivity contribution in [1.82, 2.24) is 5.32 Å². The second-order valence-electron chi connectivity index (χ2n) is 3.14. The van der Waals surface area contributed by atoms with Gasteiger partial charge in [0.05, 0.1) is 0 Å². The lowest BCUT2D eigenvalue weighted by atomic mass is 10.0. The van der Waals surface area contributed by atoms with Gasteiger partial charge < -0.3 is 5.32 Å². The summed E-state index contributed by atoms with van der Waals surface area (Å²) in [5.41, 5.74) is 1.15. The van der Waals surface area contributed by atoms with Crippen LogP contribution in [0.25, 0.3) is 0 Å². The minimum absolute atomic E-state index is 0.213. The highest BCUT2D eigenvalue weighted by Crippen LogP contribution is 2.28. The highest BCUT2D eigenvalue weighted by Gasteiger charge is 2.11. The van der Waals surface area contributed by atoms with Gasteiger partial charge in [-0.15, -0.1) is 11.8 Å². The minimum Gasteiger partial charge on any atom is -0.312 e. The van der Waals surface area contributed by atoms with Crippen LogP contribution in [0, 0.1) is 11.8 Å². The van der Waals surface area contributed by atoms with Gasteiger partial charge in [0.1, 0.15) is 0 Å². The van der Waals surface area contributed by atoms with Crippen molar-refractivity contribution in [2.75, 3.05) is 7.05 Å². The Balaban J connectivity index is 2.98. The Hall–Kier alpha value is -0.490. The topological polar surface area (TPSA) is 12.0 Å². The second-order valence-corrected chi connectivity index (χ2v) is 4.43. The maximum absolute atomic E-state index is 5.97. The van der Waals surface area contributed by atoms with Gasteiger partial charge in [-0.3, -0.25) is 0 Å². The van der Waals surface area contributed by atoms with Crippen molar-refractivity contribution in [2.24, 2.45) is 0 Å². The zero-order valence-electron chi connectivity index (χ0n) is 8.77. The lowest BCUT2D eigenvalue weighted by Gasteiger charge is -2.15. The quantitative estimate of drug-likeness (QED) is 0.834. The van der Waals surface area contributed by atoms with E-state index in [0.717, 1.165) is 21.5 Å². The molecule has 0 aromatic heterocycles. The number of benzene rings is 1. The molecule has 3 heteroatoms. The van der Waals surface area contributed by atoms with Crippen LogP contribution < -0.4 is 5.32 Å². The molecule has 0 heterocycles. The van der Waals surface area contributed by atoms with Crippen LogP contribution in [0.4, 0.5) is 0 Å². The third-order valence-electron chi connectivity index (χ3n) is 2.16. The Labute approximate surface area is 104 Å². The van der Waals surface area contributed by atoms with Gasteiger partial charge in [-0.25, -0.2) is 0 Å². The van der Waals surface area contributed by atoms with Crippen molar-refractivity contribution >= 4 is 27.5 Å². The predicted octanol–water partition coefficient (Wildman–Crippen LogP) is 3.78. The molecule has 1 aromatic rings. The largest absolute Gasteiger partial charge is 0.312 e. The van der Waals surface area contributed by atoms with Gasteiger partial charge in [0.2, 0.25) is 0 Å². The summed E-state index contributed by atoms with van der Waals surface area (Å²) in [5, 5.41) is 3.98. The zero-order valence-corrected chi connectivity index (χ0v) is 11.1. The van der Waals surface area contributed by atoms with Crippen LogP contribution in [-0.4, -0.2) is 7.05 Å². The molecule has 0 fully saturated rings. The molecule has 1 atom stereocenters. The summed E-state index contributed by atoms with van der Waals surface area (Å²) in [7, 11) is 1.93. The molecule has 1 nitrogen and oxygen atoms in total. The van der Waals surface area contributed by atoms with E-state index in [1.165, 1.54) is 0 Å². The molecule has 1 unspecified atom stereocenters. The molecule has 80 valence electrons. The number of rotatable bonds is 3. The van der Waals surface area contributed by atoms with Gasteiger partial charge in [0.25, 0.3) is 0 Å². The van der Waals surface area contributed by atoms with Crippen LogP contribution in [-0.2, 0) is 0 Å². The van der Waals surface area contributed by atoms with Crippen molar-refractivity contribution in [3.8, 4) is 11.8 Å². The van der Waals surface area contributed by atoms with Gasteiger partial charge >= 0.3 is 0 Å². The standard InChI is InChI=1S/C12H13BrClN/c1-3-4-5-12(15-2)10-8-9(14)6-7-11(10)13/h6-8,12,15H,5H2,1-2H3. The summed E-state index contributed by atoms with van der Waals surface area (Å²) in [6, 6.07) is 6.00. The van der Waals surface area contributed by atoms with E-state index >= 15 is 0 Å². The fourth-order valence-corrected chi connectivity index (χ4v) is 2.06. The third kappa shape index (κ3) is 3.53. The van der Waals surface area contributed by atoms with Gasteiger partial charge in [-0.1, -0.05) is 27.5 Å². The molecular formula is C12H13BrClN. The van der Waals surface area contributed by atoms with Crippen LogP contribution in [0.1, 0.15) is 24.9 Å². The maximum atomic E-state index is 5.97. The Morgan fingerprint density at radius 2 is 2.27 bits per heavy atom. The summed E-state index contributed by atoms with van der Waals surface area (Å²) in [5.74, 6) is 5.97. The minimum atomic E-state index is 0.213. The van der Waals surface area contributed by atoms with E-state index in [-0.39, 0.29) is 6.04 Å². The van der Waals surface area contributed by atoms with Crippen LogP contribution in [0.3, 0.4) is 0 Å². The van der Waals surface area contributed by atoms with E-state index in [1.54, 1.807) is 0 Å². The molecule has 0 saturated carbocycles. The smallest absolute Gasteiger partial charge is 0.0440 e. The first-order valence-electron chi connectivity index (χ1n) is 4.71. The van der Waals surface area contributed by atoms with Crippen LogP contribution in [0.2, 0.25) is 5.02 Å². The molecule has 0 amide bonds. The Morgan fingerprint density at radius 1 is 1.53 bits per heavy atom. The number of halogens is 2. The summed E-state index contributed by atoms with van der Waals surface area (Å²) in [4.78, 5) is 0. The van der Waals surface area contributed by atoms with E-state index in [0.29, 0.717) is 0 Å². The summed E-state index contributed by atoms with van der Waals surface area (Å²) in [6.07, 6.45) is 0.784. The van der Waals surface area contributed by atoms with E-state index < -0.39 is 0 Å². The Morgan fingerprint density at radius 3 is 2.87 bits per heavy atom. The highest BCUT2D eigenvalue weighted by atomic mass is 79.9. The molecular weight excluding hydrogens is 273 g/mol. The summed E-state index contributed by atoms with van der Waals surface area (Å²) in [6.45, 7) is 1.85. The average Bonchev–Trinajstić information content (AvgIpc) is 2.24. The van der Waals surface area contributed by atoms with E-state index in [4.69, 9.17) is 11.6 Å². The van der Waals surface area contributed by atoms with Crippen molar-refractivity contribution in [2.45, 2.75) is 19.4 Å². The van der Waals surface area contributed by atoms with Crippen molar-refractivity contribution in [1.29, 1.82) is 0 Å². The molecule has 0 aliphatic heterocycles. The van der Waals surface area contributed by atoms with Crippen molar-refractivity contribution < 1.29 is 0 Å². The molecule has 0 spiro atoms. The SMILES string of the molecule is CC#CCC(NC)c1cc(Cl)ccc1Br. The molecule has 0 aliphatic rings. The Kier molecular flexibility index (Phi) is 5.17. The molecule has 1 aromatic carbocycles. The fraction of sp³-hybridized carbons (Fsp3) is 0.333. The first kappa shape index (κ1) is 12.6. The van der Waals surface area contributed by atoms with Crippen LogP contribution >= 0.6 is 27.5 Å². The summed E-state index contributed by atoms with van der Waals surface area (Å²) < 4.78 is 1.06. The lowest BCUT2D eigenvalue weighted by Crippen LogP contribution is -2.16. The summed E-state index contributed by atoms with van der Waals surface area (Å²) >= 11 is 9.48. The molecule has 15 heavy (non-hydrogen) atoms. The second kappa shape index (κ2) is 6.17. The number of hydrogen-bond donors (Lipinski definition) is 1. The highest BCUT2D eigenvalue weighted by molar-refractivity contribution is 9.10. The van der Waals surface area contributed by atoms with Gasteiger partial charge in [-0.2, -0.15) is 0 Å². The molecule has 0 saturated heterocycles. The molecule has 0 radical (unpaired) electrons. The van der Waals surface area contributed by atoms with Gasteiger partial charge in [0, 0.05) is 22.0 Å². The van der Waals surface area contributed by atoms with Crippen LogP contribution in [0.5, 0.6) is 0 Å². The molecule has 0 aliphatic carbocycles. The van der Waals surface area contributed by atoms with Gasteiger partial charge in [-0.05, 0) is 37.7 Å². The monoisotopic (exact) mass is 285 g/mol. The number of hydrogen-bond acceptors (Lipinski definition) is 1. The van der Waals surface area contributed by atoms with E-state index in [9.17, 15) is 0 Å². The predicted molar refractivity (Wildman–Crippen MR) is 69.0 cm³/mol. The average molecular weight is 287 g/mol. The normalized spacial score (nSPS) is 11.7. The first-order chi connectivity index (χ1) is 7.19. The third-order valence-corrected chi connectivity index (χ3v) is 3.12. The maximum Gasteiger partial charge on any atom is 0.0440 e. The van der Waals surface area contributed by atoms with E-state index in [1.807, 2.05) is 32.2 Å². The molecule has 1 rings (SSSR count). The Bertz CT molecular complexity index is 392. The van der Waals surface area contributed by atoms with Crippen LogP contribution in [0.15, 0.2) is 22.7 Å². The van der Waals surface area contributed by atoms with Crippen molar-refractivity contribution in [3.63, 3.8) is 0 Å². The van der Waals surface area contributed by atoms with E-state index in [2.05, 4.69) is 33.1 Å². The molecule has 1 N–H and O–H groups in total. The lowest BCUT2D eigenvalue weighted by molar-refractivity contribution is 0.609. The van der Waals surface area contributed by atoms with Gasteiger partial charge in [0.15, 0.2) is 0 Å². The fourth-order valence-electron chi connectivity index (χ4n) is 1.35.